The van der Waals surface area contributed by atoms with E-state index in [-0.39, 0.29) is 24.7 Å². The lowest BCUT2D eigenvalue weighted by Crippen LogP contribution is -2.34. The first-order valence-electron chi connectivity index (χ1n) is 8.43. The number of non-ortho nitro benzene ring substituents is 1. The zero-order valence-electron chi connectivity index (χ0n) is 14.8. The summed E-state index contributed by atoms with van der Waals surface area (Å²) in [5, 5.41) is 11.3. The van der Waals surface area contributed by atoms with E-state index in [2.05, 4.69) is 0 Å². The Kier molecular flexibility index (Phi) is 6.29. The van der Waals surface area contributed by atoms with E-state index >= 15 is 0 Å². The smallest absolute Gasteiger partial charge is 0.269 e. The van der Waals surface area contributed by atoms with E-state index < -0.39 is 4.92 Å². The van der Waals surface area contributed by atoms with E-state index in [9.17, 15) is 14.9 Å². The Morgan fingerprint density at radius 3 is 2.54 bits per heavy atom. The number of hydrogen-bond acceptors (Lipinski definition) is 5. The van der Waals surface area contributed by atoms with Crippen molar-refractivity contribution in [1.29, 1.82) is 0 Å². The summed E-state index contributed by atoms with van der Waals surface area (Å²) in [7, 11) is 0. The van der Waals surface area contributed by atoms with E-state index in [0.717, 1.165) is 5.56 Å². The van der Waals surface area contributed by atoms with Gasteiger partial charge in [-0.3, -0.25) is 14.9 Å². The van der Waals surface area contributed by atoms with Gasteiger partial charge in [0.1, 0.15) is 11.5 Å². The summed E-state index contributed by atoms with van der Waals surface area (Å²) in [4.78, 5) is 24.5. The number of benzene rings is 2. The molecule has 1 amide bonds. The molecule has 0 saturated heterocycles. The lowest BCUT2D eigenvalue weighted by atomic mass is 10.2. The summed E-state index contributed by atoms with van der Waals surface area (Å²) in [6.45, 7) is 0.408. The molecule has 3 rings (SSSR count). The van der Waals surface area contributed by atoms with Gasteiger partial charge in [-0.1, -0.05) is 23.7 Å². The zero-order chi connectivity index (χ0) is 19.9. The lowest BCUT2D eigenvalue weighted by Gasteiger charge is -2.22. The molecule has 0 saturated carbocycles. The van der Waals surface area contributed by atoms with Crippen molar-refractivity contribution < 1.29 is 18.9 Å². The van der Waals surface area contributed by atoms with Gasteiger partial charge in [0.15, 0.2) is 6.61 Å². The fourth-order valence-electron chi connectivity index (χ4n) is 2.58. The molecule has 0 aliphatic carbocycles. The molecule has 0 bridgehead atoms. The number of nitrogens with zero attached hydrogens (tertiary/aromatic N) is 2. The topological polar surface area (TPSA) is 85.8 Å². The van der Waals surface area contributed by atoms with E-state index in [1.807, 2.05) is 12.1 Å². The molecule has 0 N–H and O–H groups in total. The quantitative estimate of drug-likeness (QED) is 0.412. The monoisotopic (exact) mass is 400 g/mol. The first-order chi connectivity index (χ1) is 13.5. The molecular weight excluding hydrogens is 384 g/mol. The number of carbonyl (C=O) groups excluding carboxylic acids is 1. The fourth-order valence-corrected chi connectivity index (χ4v) is 2.79. The minimum absolute atomic E-state index is 0.0425. The number of nitro benzene ring substituents is 1. The van der Waals surface area contributed by atoms with Gasteiger partial charge in [0.05, 0.1) is 17.7 Å². The Balaban J connectivity index is 1.67. The second kappa shape index (κ2) is 9.05. The summed E-state index contributed by atoms with van der Waals surface area (Å²) in [5.41, 5.74) is 0.835. The second-order valence-electron chi connectivity index (χ2n) is 6.00. The van der Waals surface area contributed by atoms with Crippen molar-refractivity contribution in [3.05, 3.63) is 93.4 Å². The van der Waals surface area contributed by atoms with Crippen LogP contribution < -0.4 is 4.74 Å². The number of carbonyl (C=O) groups is 1. The van der Waals surface area contributed by atoms with Crippen LogP contribution >= 0.6 is 11.6 Å². The summed E-state index contributed by atoms with van der Waals surface area (Å²) in [6.07, 6.45) is 1.55. The van der Waals surface area contributed by atoms with Gasteiger partial charge in [0.2, 0.25) is 0 Å². The zero-order valence-corrected chi connectivity index (χ0v) is 15.5. The van der Waals surface area contributed by atoms with Crippen LogP contribution in [0.3, 0.4) is 0 Å². The highest BCUT2D eigenvalue weighted by molar-refractivity contribution is 6.30. The molecule has 1 heterocycles. The van der Waals surface area contributed by atoms with Crippen molar-refractivity contribution in [1.82, 2.24) is 4.90 Å². The van der Waals surface area contributed by atoms with Gasteiger partial charge in [-0.2, -0.15) is 0 Å². The number of hydrogen-bond donors (Lipinski definition) is 0. The van der Waals surface area contributed by atoms with Gasteiger partial charge in [0.25, 0.3) is 11.6 Å². The molecule has 3 aromatic rings. The Labute approximate surface area is 166 Å². The predicted octanol–water partition coefficient (Wildman–Crippen LogP) is 4.45. The Hall–Kier alpha value is -3.32. The number of amides is 1. The van der Waals surface area contributed by atoms with Gasteiger partial charge in [-0.25, -0.2) is 0 Å². The van der Waals surface area contributed by atoms with Crippen LogP contribution in [0.2, 0.25) is 5.02 Å². The Bertz CT molecular complexity index is 941. The van der Waals surface area contributed by atoms with Crippen LogP contribution in [0.5, 0.6) is 5.75 Å². The molecule has 0 radical (unpaired) electrons. The van der Waals surface area contributed by atoms with E-state index in [4.69, 9.17) is 20.8 Å². The van der Waals surface area contributed by atoms with Crippen LogP contribution in [0.4, 0.5) is 5.69 Å². The lowest BCUT2D eigenvalue weighted by molar-refractivity contribution is -0.384. The molecule has 8 heteroatoms. The molecule has 1 aromatic heterocycles. The van der Waals surface area contributed by atoms with Crippen molar-refractivity contribution in [2.24, 2.45) is 0 Å². The third-order valence-electron chi connectivity index (χ3n) is 3.95. The highest BCUT2D eigenvalue weighted by Crippen LogP contribution is 2.18. The predicted molar refractivity (Wildman–Crippen MR) is 103 cm³/mol. The molecule has 0 atom stereocenters. The van der Waals surface area contributed by atoms with Crippen LogP contribution in [-0.2, 0) is 17.9 Å². The molecule has 2 aromatic carbocycles. The molecule has 0 fully saturated rings. The SMILES string of the molecule is O=C(COc1ccc([N+](=O)[O-])cc1)N(Cc1cccc(Cl)c1)Cc1ccco1. The van der Waals surface area contributed by atoms with Gasteiger partial charge < -0.3 is 14.1 Å². The van der Waals surface area contributed by atoms with Crippen LogP contribution in [0.15, 0.2) is 71.3 Å². The third kappa shape index (κ3) is 5.34. The highest BCUT2D eigenvalue weighted by Gasteiger charge is 2.17. The molecule has 0 aliphatic rings. The maximum absolute atomic E-state index is 12.7. The van der Waals surface area contributed by atoms with E-state index in [0.29, 0.717) is 23.1 Å². The second-order valence-corrected chi connectivity index (χ2v) is 6.44. The summed E-state index contributed by atoms with van der Waals surface area (Å²) in [5.74, 6) is 0.764. The van der Waals surface area contributed by atoms with Crippen molar-refractivity contribution in [3.63, 3.8) is 0 Å². The fraction of sp³-hybridized carbons (Fsp3) is 0.150. The van der Waals surface area contributed by atoms with Crippen LogP contribution in [-0.4, -0.2) is 22.3 Å². The number of nitro groups is 1. The average molecular weight is 401 g/mol. The first kappa shape index (κ1) is 19.4. The molecule has 0 spiro atoms. The van der Waals surface area contributed by atoms with Gasteiger partial charge >= 0.3 is 0 Å². The molecule has 144 valence electrons. The standard InChI is InChI=1S/C20H17ClN2O5/c21-16-4-1-3-15(11-16)12-22(13-19-5-2-10-27-19)20(24)14-28-18-8-6-17(7-9-18)23(25)26/h1-11H,12-14H2. The van der Waals surface area contributed by atoms with Crippen LogP contribution in [0.1, 0.15) is 11.3 Å². The summed E-state index contributed by atoms with van der Waals surface area (Å²) < 4.78 is 10.8. The number of ether oxygens (including phenoxy) is 1. The molecule has 28 heavy (non-hydrogen) atoms. The van der Waals surface area contributed by atoms with Crippen molar-refractivity contribution >= 4 is 23.2 Å². The van der Waals surface area contributed by atoms with Crippen molar-refractivity contribution in [2.75, 3.05) is 6.61 Å². The Morgan fingerprint density at radius 1 is 1.11 bits per heavy atom. The summed E-state index contributed by atoms with van der Waals surface area (Å²) >= 11 is 6.03. The van der Waals surface area contributed by atoms with E-state index in [1.165, 1.54) is 24.3 Å². The number of rotatable bonds is 8. The maximum Gasteiger partial charge on any atom is 0.269 e. The maximum atomic E-state index is 12.7. The van der Waals surface area contributed by atoms with Crippen LogP contribution in [0.25, 0.3) is 0 Å². The molecule has 0 unspecified atom stereocenters. The number of furan rings is 1. The van der Waals surface area contributed by atoms with Crippen LogP contribution in [0, 0.1) is 10.1 Å². The Morgan fingerprint density at radius 2 is 1.89 bits per heavy atom. The molecule has 7 nitrogen and oxygen atoms in total. The molecular formula is C20H17ClN2O5. The van der Waals surface area contributed by atoms with Gasteiger partial charge in [-0.15, -0.1) is 0 Å². The van der Waals surface area contributed by atoms with E-state index in [1.54, 1.807) is 35.4 Å². The third-order valence-corrected chi connectivity index (χ3v) is 4.19. The van der Waals surface area contributed by atoms with Crippen molar-refractivity contribution in [2.45, 2.75) is 13.1 Å². The summed E-state index contributed by atoms with van der Waals surface area (Å²) in [6, 6.07) is 16.4. The van der Waals surface area contributed by atoms with Gasteiger partial charge in [0, 0.05) is 23.7 Å². The normalized spacial score (nSPS) is 10.5. The minimum atomic E-state index is -0.495. The first-order valence-corrected chi connectivity index (χ1v) is 8.81. The minimum Gasteiger partial charge on any atom is -0.484 e. The van der Waals surface area contributed by atoms with Gasteiger partial charge in [-0.05, 0) is 42.0 Å². The number of halogens is 1. The molecule has 0 aliphatic heterocycles. The van der Waals surface area contributed by atoms with Crippen molar-refractivity contribution in [3.8, 4) is 5.75 Å². The largest absolute Gasteiger partial charge is 0.484 e. The average Bonchev–Trinajstić information content (AvgIpc) is 3.19. The highest BCUT2D eigenvalue weighted by atomic mass is 35.5.